The summed E-state index contributed by atoms with van der Waals surface area (Å²) in [5, 5.41) is 0. The zero-order chi connectivity index (χ0) is 7.84. The first-order valence-corrected chi connectivity index (χ1v) is 4.54. The number of hydrogen-bond acceptors (Lipinski definition) is 1. The van der Waals surface area contributed by atoms with Crippen molar-refractivity contribution in [2.45, 2.75) is 25.7 Å². The number of ether oxygens (including phenoxy) is 1. The van der Waals surface area contributed by atoms with E-state index in [9.17, 15) is 0 Å². The van der Waals surface area contributed by atoms with Crippen molar-refractivity contribution >= 4 is 0 Å². The molecule has 0 radical (unpaired) electrons. The monoisotopic (exact) mass is 152 g/mol. The van der Waals surface area contributed by atoms with Crippen molar-refractivity contribution in [3.8, 4) is 0 Å². The molecule has 0 N–H and O–H groups in total. The van der Waals surface area contributed by atoms with E-state index in [0.29, 0.717) is 5.92 Å². The summed E-state index contributed by atoms with van der Waals surface area (Å²) in [5.41, 5.74) is 0. The molecule has 0 amide bonds. The Morgan fingerprint density at radius 3 is 2.64 bits per heavy atom. The molecule has 0 spiro atoms. The average Bonchev–Trinajstić information content (AvgIpc) is 2.62. The highest BCUT2D eigenvalue weighted by atomic mass is 16.5. The van der Waals surface area contributed by atoms with Crippen molar-refractivity contribution < 1.29 is 4.74 Å². The van der Waals surface area contributed by atoms with Gasteiger partial charge in [-0.2, -0.15) is 0 Å². The van der Waals surface area contributed by atoms with E-state index in [2.05, 4.69) is 6.58 Å². The summed E-state index contributed by atoms with van der Waals surface area (Å²) < 4.78 is 5.19. The highest BCUT2D eigenvalue weighted by Crippen LogP contribution is 2.50. The fraction of sp³-hybridized carbons (Fsp3) is 0.800. The molecule has 2 rings (SSSR count). The van der Waals surface area contributed by atoms with Gasteiger partial charge in [0.15, 0.2) is 0 Å². The Morgan fingerprint density at radius 1 is 1.36 bits per heavy atom. The zero-order valence-electron chi connectivity index (χ0n) is 7.18. The van der Waals surface area contributed by atoms with Crippen LogP contribution in [-0.2, 0) is 4.74 Å². The standard InChI is InChI=1S/C10H16O/c1-7(11-2)10-6-8-3-4-9(10)5-8/h8-10H,1,3-6H2,2H3. The Labute approximate surface area is 68.4 Å². The van der Waals surface area contributed by atoms with Gasteiger partial charge in [0.1, 0.15) is 0 Å². The van der Waals surface area contributed by atoms with Crippen LogP contribution in [0, 0.1) is 17.8 Å². The lowest BCUT2D eigenvalue weighted by Crippen LogP contribution is -2.13. The second-order valence-electron chi connectivity index (χ2n) is 3.95. The fourth-order valence-electron chi connectivity index (χ4n) is 2.79. The van der Waals surface area contributed by atoms with Crippen LogP contribution in [0.1, 0.15) is 25.7 Å². The predicted molar refractivity (Wildman–Crippen MR) is 45.1 cm³/mol. The van der Waals surface area contributed by atoms with E-state index in [0.717, 1.165) is 17.6 Å². The zero-order valence-corrected chi connectivity index (χ0v) is 7.18. The summed E-state index contributed by atoms with van der Waals surface area (Å²) >= 11 is 0. The van der Waals surface area contributed by atoms with E-state index in [-0.39, 0.29) is 0 Å². The van der Waals surface area contributed by atoms with Crippen molar-refractivity contribution in [1.29, 1.82) is 0 Å². The van der Waals surface area contributed by atoms with Crippen LogP contribution in [0.4, 0.5) is 0 Å². The van der Waals surface area contributed by atoms with E-state index in [1.54, 1.807) is 7.11 Å². The number of hydrogen-bond donors (Lipinski definition) is 0. The molecule has 1 nitrogen and oxygen atoms in total. The van der Waals surface area contributed by atoms with Gasteiger partial charge < -0.3 is 4.74 Å². The molecule has 2 saturated carbocycles. The first-order valence-electron chi connectivity index (χ1n) is 4.54. The molecule has 2 aliphatic rings. The van der Waals surface area contributed by atoms with Gasteiger partial charge in [-0.1, -0.05) is 13.0 Å². The molecule has 1 heteroatoms. The van der Waals surface area contributed by atoms with Gasteiger partial charge in [-0.15, -0.1) is 0 Å². The Hall–Kier alpha value is -0.460. The highest BCUT2D eigenvalue weighted by Gasteiger charge is 2.41. The van der Waals surface area contributed by atoms with Crippen molar-refractivity contribution in [2.24, 2.45) is 17.8 Å². The van der Waals surface area contributed by atoms with Crippen LogP contribution in [0.5, 0.6) is 0 Å². The van der Waals surface area contributed by atoms with Crippen molar-refractivity contribution in [1.82, 2.24) is 0 Å². The van der Waals surface area contributed by atoms with Crippen LogP contribution in [0.2, 0.25) is 0 Å². The maximum Gasteiger partial charge on any atom is 0.0917 e. The minimum absolute atomic E-state index is 0.693. The molecule has 0 aromatic rings. The van der Waals surface area contributed by atoms with Crippen LogP contribution in [0.3, 0.4) is 0 Å². The van der Waals surface area contributed by atoms with Crippen LogP contribution in [0.25, 0.3) is 0 Å². The first kappa shape index (κ1) is 7.20. The number of rotatable bonds is 2. The summed E-state index contributed by atoms with van der Waals surface area (Å²) in [7, 11) is 1.74. The lowest BCUT2D eigenvalue weighted by Gasteiger charge is -2.22. The van der Waals surface area contributed by atoms with Gasteiger partial charge in [-0.05, 0) is 31.1 Å². The summed E-state index contributed by atoms with van der Waals surface area (Å²) in [6.07, 6.45) is 5.65. The Morgan fingerprint density at radius 2 is 2.18 bits per heavy atom. The maximum absolute atomic E-state index is 5.19. The van der Waals surface area contributed by atoms with Crippen molar-refractivity contribution in [3.05, 3.63) is 12.3 Å². The third-order valence-corrected chi connectivity index (χ3v) is 3.41. The van der Waals surface area contributed by atoms with Gasteiger partial charge in [0.25, 0.3) is 0 Å². The molecule has 0 aromatic carbocycles. The molecule has 0 heterocycles. The van der Waals surface area contributed by atoms with E-state index >= 15 is 0 Å². The van der Waals surface area contributed by atoms with Gasteiger partial charge in [0.2, 0.25) is 0 Å². The first-order chi connectivity index (χ1) is 5.31. The van der Waals surface area contributed by atoms with Gasteiger partial charge in [0, 0.05) is 5.92 Å². The van der Waals surface area contributed by atoms with Crippen LogP contribution < -0.4 is 0 Å². The fourth-order valence-corrected chi connectivity index (χ4v) is 2.79. The second-order valence-corrected chi connectivity index (χ2v) is 3.95. The van der Waals surface area contributed by atoms with Gasteiger partial charge in [-0.3, -0.25) is 0 Å². The lowest BCUT2D eigenvalue weighted by atomic mass is 9.88. The number of fused-ring (bicyclic) bond motifs is 2. The minimum Gasteiger partial charge on any atom is -0.501 e. The van der Waals surface area contributed by atoms with Crippen molar-refractivity contribution in [3.63, 3.8) is 0 Å². The molecule has 11 heavy (non-hydrogen) atoms. The predicted octanol–water partition coefficient (Wildman–Crippen LogP) is 2.58. The molecular formula is C10H16O. The van der Waals surface area contributed by atoms with Crippen molar-refractivity contribution in [2.75, 3.05) is 7.11 Å². The highest BCUT2D eigenvalue weighted by molar-refractivity contribution is 5.03. The second kappa shape index (κ2) is 2.54. The molecular weight excluding hydrogens is 136 g/mol. The molecule has 62 valence electrons. The third-order valence-electron chi connectivity index (χ3n) is 3.41. The lowest BCUT2D eigenvalue weighted by molar-refractivity contribution is 0.205. The van der Waals surface area contributed by atoms with E-state index in [1.807, 2.05) is 0 Å². The number of allylic oxidation sites excluding steroid dienone is 1. The van der Waals surface area contributed by atoms with Crippen LogP contribution >= 0.6 is 0 Å². The molecule has 2 aliphatic carbocycles. The SMILES string of the molecule is C=C(OC)C1CC2CCC1C2. The summed E-state index contributed by atoms with van der Waals surface area (Å²) in [6, 6.07) is 0. The molecule has 2 fully saturated rings. The van der Waals surface area contributed by atoms with Gasteiger partial charge in [0.05, 0.1) is 12.9 Å². The molecule has 2 bridgehead atoms. The minimum atomic E-state index is 0.693. The summed E-state index contributed by atoms with van der Waals surface area (Å²) in [4.78, 5) is 0. The molecule has 0 aliphatic heterocycles. The van der Waals surface area contributed by atoms with Gasteiger partial charge in [-0.25, -0.2) is 0 Å². The topological polar surface area (TPSA) is 9.23 Å². The van der Waals surface area contributed by atoms with Gasteiger partial charge >= 0.3 is 0 Å². The normalized spacial score (nSPS) is 41.0. The number of methoxy groups -OCH3 is 1. The third kappa shape index (κ3) is 1.07. The molecule has 0 aromatic heterocycles. The van der Waals surface area contributed by atoms with Crippen LogP contribution in [-0.4, -0.2) is 7.11 Å². The Bertz CT molecular complexity index is 174. The van der Waals surface area contributed by atoms with E-state index in [1.165, 1.54) is 25.7 Å². The molecule has 3 atom stereocenters. The summed E-state index contributed by atoms with van der Waals surface area (Å²) in [6.45, 7) is 3.95. The largest absolute Gasteiger partial charge is 0.501 e. The summed E-state index contributed by atoms with van der Waals surface area (Å²) in [5.74, 6) is 3.63. The smallest absolute Gasteiger partial charge is 0.0917 e. The maximum atomic E-state index is 5.19. The average molecular weight is 152 g/mol. The molecule has 3 unspecified atom stereocenters. The Balaban J connectivity index is 2.02. The quantitative estimate of drug-likeness (QED) is 0.553. The van der Waals surface area contributed by atoms with E-state index < -0.39 is 0 Å². The molecule has 0 saturated heterocycles. The van der Waals surface area contributed by atoms with E-state index in [4.69, 9.17) is 4.74 Å². The van der Waals surface area contributed by atoms with Crippen LogP contribution in [0.15, 0.2) is 12.3 Å². The Kier molecular flexibility index (Phi) is 1.67.